The van der Waals surface area contributed by atoms with Crippen molar-refractivity contribution in [3.63, 3.8) is 0 Å². The minimum absolute atomic E-state index is 0.154. The van der Waals surface area contributed by atoms with E-state index in [2.05, 4.69) is 50.4 Å². The second-order valence-corrected chi connectivity index (χ2v) is 15.6. The molecule has 0 aromatic carbocycles. The van der Waals surface area contributed by atoms with Gasteiger partial charge in [-0.1, -0.05) is 0 Å². The van der Waals surface area contributed by atoms with Crippen molar-refractivity contribution in [2.75, 3.05) is 37.0 Å². The Morgan fingerprint density at radius 3 is 1.43 bits per heavy atom. The highest BCUT2D eigenvalue weighted by molar-refractivity contribution is 5.92. The van der Waals surface area contributed by atoms with Crippen LogP contribution in [0.15, 0.2) is 37.2 Å². The maximum absolute atomic E-state index is 12.5. The maximum Gasteiger partial charge on any atom is 0.245 e. The second kappa shape index (κ2) is 11.8. The fourth-order valence-electron chi connectivity index (χ4n) is 8.79. The van der Waals surface area contributed by atoms with Crippen LogP contribution in [-0.2, 0) is 9.59 Å². The summed E-state index contributed by atoms with van der Waals surface area (Å²) < 4.78 is 4.02. The molecule has 4 unspecified atom stereocenters. The number of likely N-dealkylation sites (N-methyl/N-ethyl adjacent to an activating group) is 2. The predicted molar refractivity (Wildman–Crippen MR) is 196 cm³/mol. The number of aromatic amines is 2. The summed E-state index contributed by atoms with van der Waals surface area (Å²) in [5.41, 5.74) is 6.62. The summed E-state index contributed by atoms with van der Waals surface area (Å²) >= 11 is 0. The van der Waals surface area contributed by atoms with Gasteiger partial charge >= 0.3 is 0 Å². The van der Waals surface area contributed by atoms with E-state index in [0.29, 0.717) is 24.0 Å². The monoisotopic (exact) mass is 728 g/mol. The molecule has 0 spiro atoms. The molecule has 2 N–H and O–H groups in total. The Labute approximate surface area is 308 Å². The number of nitrogens with zero attached hydrogens (tertiary/aromatic N) is 14. The van der Waals surface area contributed by atoms with Gasteiger partial charge < -0.3 is 19.6 Å². The number of nitrogens with one attached hydrogen (secondary N) is 2. The molecule has 18 nitrogen and oxygen atoms in total. The van der Waals surface area contributed by atoms with Crippen LogP contribution in [0.2, 0.25) is 0 Å². The standard InChI is InChI=1S/2C18H20N8O/c2*1-24-9-12-4-5-14(17(24)27)26(12)18-19-7-13-16(21-18)15(23-22-13)10-6-20-25(8-10)11-2-3-11/h2*6-8,11-12,14H,2-5,9H2,1H3,(H,22,23). The minimum Gasteiger partial charge on any atom is -0.342 e. The van der Waals surface area contributed by atoms with E-state index in [4.69, 9.17) is 9.97 Å². The molecule has 6 aliphatic rings. The quantitative estimate of drug-likeness (QED) is 0.255. The Balaban J connectivity index is 0.000000126. The molecule has 2 amide bonds. The van der Waals surface area contributed by atoms with Gasteiger partial charge in [-0.15, -0.1) is 0 Å². The highest BCUT2D eigenvalue weighted by Gasteiger charge is 2.47. The van der Waals surface area contributed by atoms with Crippen LogP contribution in [0.3, 0.4) is 0 Å². The minimum atomic E-state index is -0.154. The fraction of sp³-hybridized carbons (Fsp3) is 0.500. The molecule has 2 saturated carbocycles. The first-order chi connectivity index (χ1) is 26.4. The highest BCUT2D eigenvalue weighted by atomic mass is 16.2. The number of amides is 2. The third-order valence-corrected chi connectivity index (χ3v) is 11.9. The van der Waals surface area contributed by atoms with Crippen LogP contribution in [0.25, 0.3) is 44.6 Å². The Morgan fingerprint density at radius 1 is 0.574 bits per heavy atom. The van der Waals surface area contributed by atoms with E-state index < -0.39 is 0 Å². The van der Waals surface area contributed by atoms with Gasteiger partial charge in [-0.3, -0.25) is 29.2 Å². The summed E-state index contributed by atoms with van der Waals surface area (Å²) in [4.78, 5) is 51.6. The topological polar surface area (TPSA) is 192 Å². The number of hydrogen-bond donors (Lipinski definition) is 2. The molecule has 6 fully saturated rings. The molecule has 4 saturated heterocycles. The zero-order chi connectivity index (χ0) is 36.2. The number of fused-ring (bicyclic) bond motifs is 6. The van der Waals surface area contributed by atoms with Crippen LogP contribution in [0.4, 0.5) is 11.9 Å². The molecule has 2 aliphatic carbocycles. The van der Waals surface area contributed by atoms with E-state index >= 15 is 0 Å². The number of carbonyl (C=O) groups excluding carboxylic acids is 2. The van der Waals surface area contributed by atoms with E-state index in [9.17, 15) is 9.59 Å². The van der Waals surface area contributed by atoms with Crippen molar-refractivity contribution in [1.82, 2.24) is 69.7 Å². The van der Waals surface area contributed by atoms with E-state index in [0.717, 1.165) is 83.4 Å². The molecule has 6 aromatic heterocycles. The van der Waals surface area contributed by atoms with E-state index in [1.165, 1.54) is 25.7 Å². The summed E-state index contributed by atoms with van der Waals surface area (Å²) in [6.45, 7) is 1.45. The molecule has 4 aliphatic heterocycles. The highest BCUT2D eigenvalue weighted by Crippen LogP contribution is 2.39. The van der Waals surface area contributed by atoms with Crippen LogP contribution in [0.5, 0.6) is 0 Å². The van der Waals surface area contributed by atoms with Crippen molar-refractivity contribution in [1.29, 1.82) is 0 Å². The van der Waals surface area contributed by atoms with Crippen LogP contribution < -0.4 is 9.80 Å². The van der Waals surface area contributed by atoms with Gasteiger partial charge in [0.25, 0.3) is 0 Å². The van der Waals surface area contributed by atoms with Crippen molar-refractivity contribution in [3.05, 3.63) is 37.2 Å². The first kappa shape index (κ1) is 31.6. The molecular weight excluding hydrogens is 689 g/mol. The Bertz CT molecular complexity index is 2270. The number of carbonyl (C=O) groups is 2. The summed E-state index contributed by atoms with van der Waals surface area (Å²) in [7, 11) is 3.75. The van der Waals surface area contributed by atoms with Gasteiger partial charge in [-0.25, -0.2) is 19.9 Å². The average Bonchev–Trinajstić information content (AvgIpc) is 3.79. The number of H-pyrrole nitrogens is 2. The number of anilines is 2. The lowest BCUT2D eigenvalue weighted by atomic mass is 10.2. The first-order valence-corrected chi connectivity index (χ1v) is 19.0. The number of rotatable bonds is 6. The molecule has 6 aromatic rings. The Morgan fingerprint density at radius 2 is 1.00 bits per heavy atom. The van der Waals surface area contributed by atoms with Crippen molar-refractivity contribution in [2.45, 2.75) is 87.6 Å². The molecular formula is C36H40N16O2. The number of hydrogen-bond acceptors (Lipinski definition) is 12. The van der Waals surface area contributed by atoms with Gasteiger partial charge in [-0.2, -0.15) is 20.4 Å². The fourth-order valence-corrected chi connectivity index (χ4v) is 8.79. The van der Waals surface area contributed by atoms with Crippen molar-refractivity contribution in [2.24, 2.45) is 0 Å². The average molecular weight is 729 g/mol. The van der Waals surface area contributed by atoms with Gasteiger partial charge in [0, 0.05) is 50.7 Å². The van der Waals surface area contributed by atoms with E-state index in [1.54, 1.807) is 12.4 Å². The van der Waals surface area contributed by atoms with Crippen molar-refractivity contribution >= 4 is 45.8 Å². The molecule has 54 heavy (non-hydrogen) atoms. The number of aromatic nitrogens is 12. The molecule has 4 bridgehead atoms. The molecule has 276 valence electrons. The lowest BCUT2D eigenvalue weighted by molar-refractivity contribution is -0.133. The Kier molecular flexibility index (Phi) is 6.89. The second-order valence-electron chi connectivity index (χ2n) is 15.6. The van der Waals surface area contributed by atoms with Crippen LogP contribution in [0, 0.1) is 0 Å². The van der Waals surface area contributed by atoms with Gasteiger partial charge in [0.05, 0.1) is 49.0 Å². The zero-order valence-corrected chi connectivity index (χ0v) is 30.1. The molecule has 10 heterocycles. The molecule has 4 atom stereocenters. The third kappa shape index (κ3) is 5.05. The van der Waals surface area contributed by atoms with Gasteiger partial charge in [0.1, 0.15) is 45.5 Å². The summed E-state index contributed by atoms with van der Waals surface area (Å²) in [6.07, 6.45) is 19.8. The summed E-state index contributed by atoms with van der Waals surface area (Å²) in [5, 5.41) is 23.9. The van der Waals surface area contributed by atoms with Gasteiger partial charge in [-0.05, 0) is 51.4 Å². The van der Waals surface area contributed by atoms with Crippen LogP contribution in [-0.4, -0.2) is 133 Å². The predicted octanol–water partition coefficient (Wildman–Crippen LogP) is 2.72. The third-order valence-electron chi connectivity index (χ3n) is 11.9. The number of likely N-dealkylation sites (tertiary alicyclic amines) is 2. The zero-order valence-electron chi connectivity index (χ0n) is 30.1. The van der Waals surface area contributed by atoms with Crippen molar-refractivity contribution in [3.8, 4) is 22.5 Å². The van der Waals surface area contributed by atoms with Gasteiger partial charge in [0.2, 0.25) is 23.7 Å². The molecule has 18 heteroatoms. The lowest BCUT2D eigenvalue weighted by Gasteiger charge is -2.38. The normalized spacial score (nSPS) is 25.0. The lowest BCUT2D eigenvalue weighted by Crippen LogP contribution is -2.56. The van der Waals surface area contributed by atoms with Crippen LogP contribution in [0.1, 0.15) is 63.5 Å². The van der Waals surface area contributed by atoms with E-state index in [-0.39, 0.29) is 36.0 Å². The first-order valence-electron chi connectivity index (χ1n) is 19.0. The maximum atomic E-state index is 12.5. The largest absolute Gasteiger partial charge is 0.342 e. The number of piperazine rings is 2. The van der Waals surface area contributed by atoms with E-state index in [1.807, 2.05) is 58.0 Å². The van der Waals surface area contributed by atoms with Crippen LogP contribution >= 0.6 is 0 Å². The molecule has 12 rings (SSSR count). The van der Waals surface area contributed by atoms with Gasteiger partial charge in [0.15, 0.2) is 0 Å². The van der Waals surface area contributed by atoms with Crippen molar-refractivity contribution < 1.29 is 9.59 Å². The smallest absolute Gasteiger partial charge is 0.245 e. The summed E-state index contributed by atoms with van der Waals surface area (Å²) in [5.74, 6) is 1.55. The Hall–Kier alpha value is -5.94. The SMILES string of the molecule is CN1CC2CCC(C1=O)N2c1ncc2[nH]nc(-c3cnn(C4CC4)c3)c2n1.CN1CC2CCC(C1=O)N2c1ncc2[nH]nc(-c3cnn(C4CC4)c3)c2n1. The summed E-state index contributed by atoms with van der Waals surface area (Å²) in [6, 6.07) is 1.31. The molecule has 0 radical (unpaired) electrons.